The van der Waals surface area contributed by atoms with E-state index >= 15 is 0 Å². The Kier molecular flexibility index (Phi) is 5.97. The highest BCUT2D eigenvalue weighted by Crippen LogP contribution is 2.39. The quantitative estimate of drug-likeness (QED) is 0.314. The first-order chi connectivity index (χ1) is 16.3. The van der Waals surface area contributed by atoms with Crippen molar-refractivity contribution >= 4 is 55.4 Å². The normalized spacial score (nSPS) is 22.5. The number of nitrogens with two attached hydrogens (primary N) is 1. The molecule has 1 amide bonds. The van der Waals surface area contributed by atoms with Crippen molar-refractivity contribution in [1.29, 1.82) is 0 Å². The van der Waals surface area contributed by atoms with E-state index in [2.05, 4.69) is 36.2 Å². The minimum atomic E-state index is -0.896. The molecule has 3 heterocycles. The number of hydrogen-bond donors (Lipinski definition) is 4. The van der Waals surface area contributed by atoms with Crippen LogP contribution in [0.2, 0.25) is 0 Å². The van der Waals surface area contributed by atoms with Crippen LogP contribution in [-0.4, -0.2) is 47.8 Å². The van der Waals surface area contributed by atoms with Gasteiger partial charge in [0.05, 0.1) is 27.5 Å². The Morgan fingerprint density at radius 2 is 2.06 bits per heavy atom. The van der Waals surface area contributed by atoms with Gasteiger partial charge in [0.2, 0.25) is 5.91 Å². The van der Waals surface area contributed by atoms with Crippen LogP contribution in [0.4, 0.5) is 11.6 Å². The van der Waals surface area contributed by atoms with Crippen molar-refractivity contribution in [1.82, 2.24) is 19.5 Å². The summed E-state index contributed by atoms with van der Waals surface area (Å²) in [5, 5.41) is 26.0. The van der Waals surface area contributed by atoms with Gasteiger partial charge in [-0.25, -0.2) is 15.0 Å². The molecule has 0 unspecified atom stereocenters. The van der Waals surface area contributed by atoms with E-state index in [0.717, 1.165) is 32.7 Å². The van der Waals surface area contributed by atoms with Crippen molar-refractivity contribution in [3.05, 3.63) is 52.9 Å². The Balaban J connectivity index is 1.33. The summed E-state index contributed by atoms with van der Waals surface area (Å²) in [5.41, 5.74) is 8.46. The fraction of sp³-hybridized carbons (Fsp3) is 0.333. The number of fused-ring (bicyclic) bond motifs is 2. The third-order valence-corrected chi connectivity index (χ3v) is 7.21. The molecule has 4 atom stereocenters. The number of nitrogens with one attached hydrogen (secondary N) is 1. The molecule has 1 aliphatic carbocycles. The predicted molar refractivity (Wildman–Crippen MR) is 133 cm³/mol. The highest BCUT2D eigenvalue weighted by Gasteiger charge is 2.42. The second kappa shape index (κ2) is 8.94. The van der Waals surface area contributed by atoms with Crippen molar-refractivity contribution < 1.29 is 15.0 Å². The van der Waals surface area contributed by atoms with Gasteiger partial charge in [-0.1, -0.05) is 12.1 Å². The van der Waals surface area contributed by atoms with Gasteiger partial charge in [0.25, 0.3) is 0 Å². The summed E-state index contributed by atoms with van der Waals surface area (Å²) < 4.78 is 2.62. The average molecular weight is 525 g/mol. The van der Waals surface area contributed by atoms with E-state index in [4.69, 9.17) is 5.73 Å². The molecule has 10 heteroatoms. The SMILES string of the molecule is CC(=O)Nc1nc2cc(CC[C@H]3C[C@@H](n4ccc5c(N)ncnc54)[C@H](O)[C@@H]3O)ccc2cc1Br. The van der Waals surface area contributed by atoms with Gasteiger partial charge < -0.3 is 25.8 Å². The standard InChI is InChI=1S/C24H25BrN6O3/c1-12(32)29-23-17(25)9-14-4-2-13(8-18(14)30-23)3-5-15-10-19(21(34)20(15)33)31-7-6-16-22(26)27-11-28-24(16)31/h2,4,6-9,11,15,19-21,33-34H,3,5,10H2,1H3,(H2,26,27,28)(H,29,30,32)/t15-,19+,20+,21-/m0/s1. The number of anilines is 2. The number of aryl methyl sites for hydroxylation is 1. The van der Waals surface area contributed by atoms with Crippen LogP contribution in [0.1, 0.15) is 31.4 Å². The number of aliphatic hydroxyl groups excluding tert-OH is 2. The van der Waals surface area contributed by atoms with Gasteiger partial charge in [-0.05, 0) is 64.9 Å². The van der Waals surface area contributed by atoms with Crippen LogP contribution in [0, 0.1) is 5.92 Å². The predicted octanol–water partition coefficient (Wildman–Crippen LogP) is 3.20. The Morgan fingerprint density at radius 3 is 2.85 bits per heavy atom. The monoisotopic (exact) mass is 524 g/mol. The van der Waals surface area contributed by atoms with Crippen LogP contribution in [0.15, 0.2) is 47.3 Å². The van der Waals surface area contributed by atoms with Crippen molar-refractivity contribution in [3.8, 4) is 0 Å². The van der Waals surface area contributed by atoms with E-state index in [1.54, 1.807) is 0 Å². The fourth-order valence-corrected chi connectivity index (χ4v) is 5.30. The van der Waals surface area contributed by atoms with Crippen LogP contribution in [-0.2, 0) is 11.2 Å². The second-order valence-electron chi connectivity index (χ2n) is 8.83. The lowest BCUT2D eigenvalue weighted by Crippen LogP contribution is -2.29. The fourth-order valence-electron chi connectivity index (χ4n) is 4.87. The van der Waals surface area contributed by atoms with E-state index in [1.165, 1.54) is 13.3 Å². The Bertz CT molecular complexity index is 1390. The third-order valence-electron chi connectivity index (χ3n) is 6.60. The zero-order valence-electron chi connectivity index (χ0n) is 18.5. The summed E-state index contributed by atoms with van der Waals surface area (Å²) in [4.78, 5) is 24.4. The number of pyridine rings is 1. The first kappa shape index (κ1) is 22.7. The highest BCUT2D eigenvalue weighted by atomic mass is 79.9. The molecule has 1 aliphatic rings. The Labute approximate surface area is 204 Å². The maximum atomic E-state index is 11.4. The number of hydrogen-bond acceptors (Lipinski definition) is 7. The summed E-state index contributed by atoms with van der Waals surface area (Å²) in [5.74, 6) is 0.626. The van der Waals surface area contributed by atoms with E-state index in [0.29, 0.717) is 30.1 Å². The van der Waals surface area contributed by atoms with Gasteiger partial charge in [0.1, 0.15) is 29.7 Å². The van der Waals surface area contributed by atoms with Gasteiger partial charge in [0, 0.05) is 18.5 Å². The van der Waals surface area contributed by atoms with E-state index in [-0.39, 0.29) is 17.9 Å². The lowest BCUT2D eigenvalue weighted by Gasteiger charge is -2.19. The molecular formula is C24H25BrN6O3. The molecule has 0 spiro atoms. The summed E-state index contributed by atoms with van der Waals surface area (Å²) in [6.45, 7) is 1.45. The minimum Gasteiger partial charge on any atom is -0.390 e. The van der Waals surface area contributed by atoms with Crippen LogP contribution in [0.5, 0.6) is 0 Å². The zero-order chi connectivity index (χ0) is 24.0. The summed E-state index contributed by atoms with van der Waals surface area (Å²) in [6, 6.07) is 9.52. The second-order valence-corrected chi connectivity index (χ2v) is 9.68. The van der Waals surface area contributed by atoms with Gasteiger partial charge >= 0.3 is 0 Å². The molecule has 0 bridgehead atoms. The Hall–Kier alpha value is -3.08. The first-order valence-corrected chi connectivity index (χ1v) is 11.9. The molecule has 1 aromatic carbocycles. The van der Waals surface area contributed by atoms with Crippen molar-refractivity contribution in [3.63, 3.8) is 0 Å². The van der Waals surface area contributed by atoms with Crippen molar-refractivity contribution in [2.24, 2.45) is 5.92 Å². The lowest BCUT2D eigenvalue weighted by atomic mass is 9.95. The van der Waals surface area contributed by atoms with Crippen LogP contribution < -0.4 is 11.1 Å². The molecule has 1 fully saturated rings. The number of carbonyl (C=O) groups is 1. The summed E-state index contributed by atoms with van der Waals surface area (Å²) in [6.07, 6.45) is 3.60. The molecule has 176 valence electrons. The van der Waals surface area contributed by atoms with E-state index < -0.39 is 12.2 Å². The first-order valence-electron chi connectivity index (χ1n) is 11.1. The van der Waals surface area contributed by atoms with Crippen molar-refractivity contribution in [2.75, 3.05) is 11.1 Å². The number of rotatable bonds is 5. The van der Waals surface area contributed by atoms with Gasteiger partial charge in [-0.2, -0.15) is 0 Å². The van der Waals surface area contributed by atoms with Crippen molar-refractivity contribution in [2.45, 2.75) is 44.4 Å². The number of aliphatic hydroxyl groups is 2. The third kappa shape index (κ3) is 4.13. The molecule has 0 aliphatic heterocycles. The summed E-state index contributed by atoms with van der Waals surface area (Å²) in [7, 11) is 0. The number of nitrogen functional groups attached to an aromatic ring is 1. The van der Waals surface area contributed by atoms with Gasteiger partial charge in [-0.15, -0.1) is 0 Å². The molecule has 3 aromatic heterocycles. The molecule has 34 heavy (non-hydrogen) atoms. The molecule has 5 N–H and O–H groups in total. The number of carbonyl (C=O) groups excluding carboxylic acids is 1. The maximum absolute atomic E-state index is 11.4. The highest BCUT2D eigenvalue weighted by molar-refractivity contribution is 9.10. The molecule has 5 rings (SSSR count). The number of benzene rings is 1. The van der Waals surface area contributed by atoms with Crippen LogP contribution in [0.25, 0.3) is 21.9 Å². The number of aromatic nitrogens is 4. The molecule has 0 saturated heterocycles. The molecular weight excluding hydrogens is 500 g/mol. The zero-order valence-corrected chi connectivity index (χ0v) is 20.1. The lowest BCUT2D eigenvalue weighted by molar-refractivity contribution is -0.114. The molecule has 1 saturated carbocycles. The number of amides is 1. The molecule has 4 aromatic rings. The van der Waals surface area contributed by atoms with Gasteiger partial charge in [0.15, 0.2) is 0 Å². The average Bonchev–Trinajstić information content (AvgIpc) is 3.35. The number of nitrogens with zero attached hydrogens (tertiary/aromatic N) is 4. The smallest absolute Gasteiger partial charge is 0.222 e. The van der Waals surface area contributed by atoms with Crippen LogP contribution >= 0.6 is 15.9 Å². The Morgan fingerprint density at radius 1 is 1.24 bits per heavy atom. The topological polar surface area (TPSA) is 139 Å². The number of halogens is 1. The van der Waals surface area contributed by atoms with E-state index in [9.17, 15) is 15.0 Å². The largest absolute Gasteiger partial charge is 0.390 e. The van der Waals surface area contributed by atoms with Gasteiger partial charge in [-0.3, -0.25) is 4.79 Å². The van der Waals surface area contributed by atoms with E-state index in [1.807, 2.05) is 41.1 Å². The minimum absolute atomic E-state index is 0.0693. The molecule has 0 radical (unpaired) electrons. The molecule has 9 nitrogen and oxygen atoms in total. The maximum Gasteiger partial charge on any atom is 0.222 e. The van der Waals surface area contributed by atoms with Crippen LogP contribution in [0.3, 0.4) is 0 Å². The summed E-state index contributed by atoms with van der Waals surface area (Å²) >= 11 is 3.45.